The quantitative estimate of drug-likeness (QED) is 0.817. The summed E-state index contributed by atoms with van der Waals surface area (Å²) in [6.07, 6.45) is 3.41. The summed E-state index contributed by atoms with van der Waals surface area (Å²) in [5, 5.41) is 10.2. The molecular weight excluding hydrogens is 216 g/mol. The van der Waals surface area contributed by atoms with Crippen LogP contribution in [-0.4, -0.2) is 10.7 Å². The van der Waals surface area contributed by atoms with Gasteiger partial charge in [0, 0.05) is 11.3 Å². The van der Waals surface area contributed by atoms with Gasteiger partial charge in [0.05, 0.1) is 9.94 Å². The van der Waals surface area contributed by atoms with E-state index in [2.05, 4.69) is 6.92 Å². The highest BCUT2D eigenvalue weighted by Crippen LogP contribution is 2.28. The minimum absolute atomic E-state index is 0.539. The summed E-state index contributed by atoms with van der Waals surface area (Å²) in [7, 11) is 0. The minimum atomic E-state index is -0.539. The topological polar surface area (TPSA) is 20.2 Å². The highest BCUT2D eigenvalue weighted by molar-refractivity contribution is 7.16. The van der Waals surface area contributed by atoms with E-state index in [4.69, 9.17) is 11.6 Å². The third-order valence-corrected chi connectivity index (χ3v) is 3.74. The zero-order valence-electron chi connectivity index (χ0n) is 8.72. The van der Waals surface area contributed by atoms with Crippen molar-refractivity contribution < 1.29 is 5.11 Å². The molecule has 1 aromatic heterocycles. The van der Waals surface area contributed by atoms with E-state index in [0.717, 1.165) is 30.0 Å². The van der Waals surface area contributed by atoms with Crippen LogP contribution in [0.5, 0.6) is 0 Å². The Balaban J connectivity index is 2.64. The Morgan fingerprint density at radius 3 is 2.57 bits per heavy atom. The Morgan fingerprint density at radius 2 is 2.14 bits per heavy atom. The van der Waals surface area contributed by atoms with Crippen LogP contribution in [0.1, 0.15) is 38.0 Å². The molecule has 0 bridgehead atoms. The van der Waals surface area contributed by atoms with Gasteiger partial charge in [0.1, 0.15) is 0 Å². The summed E-state index contributed by atoms with van der Waals surface area (Å²) in [6.45, 7) is 4.13. The molecule has 1 N–H and O–H groups in total. The van der Waals surface area contributed by atoms with Gasteiger partial charge in [-0.3, -0.25) is 0 Å². The molecule has 1 heterocycles. The maximum Gasteiger partial charge on any atom is 0.0931 e. The lowest BCUT2D eigenvalue weighted by molar-refractivity contribution is 0.0278. The number of rotatable bonds is 5. The molecule has 0 radical (unpaired) electrons. The van der Waals surface area contributed by atoms with Crippen LogP contribution < -0.4 is 0 Å². The van der Waals surface area contributed by atoms with Gasteiger partial charge in [-0.25, -0.2) is 0 Å². The highest BCUT2D eigenvalue weighted by atomic mass is 35.5. The second-order valence-electron chi connectivity index (χ2n) is 3.71. The molecule has 0 spiro atoms. The third kappa shape index (κ3) is 3.26. The summed E-state index contributed by atoms with van der Waals surface area (Å²) in [4.78, 5) is 1.17. The third-order valence-electron chi connectivity index (χ3n) is 2.51. The van der Waals surface area contributed by atoms with Gasteiger partial charge in [0.2, 0.25) is 0 Å². The van der Waals surface area contributed by atoms with E-state index in [-0.39, 0.29) is 0 Å². The monoisotopic (exact) mass is 232 g/mol. The summed E-state index contributed by atoms with van der Waals surface area (Å²) < 4.78 is 0.801. The van der Waals surface area contributed by atoms with Gasteiger partial charge in [-0.05, 0) is 25.0 Å². The Bertz CT molecular complexity index is 285. The summed E-state index contributed by atoms with van der Waals surface area (Å²) in [5.41, 5.74) is -0.539. The van der Waals surface area contributed by atoms with Crippen molar-refractivity contribution in [3.8, 4) is 0 Å². The fourth-order valence-electron chi connectivity index (χ4n) is 1.63. The van der Waals surface area contributed by atoms with Crippen molar-refractivity contribution in [3.63, 3.8) is 0 Å². The first-order valence-electron chi connectivity index (χ1n) is 5.06. The molecule has 0 aliphatic carbocycles. The molecule has 1 atom stereocenters. The molecule has 0 aromatic carbocycles. The number of halogens is 1. The molecule has 0 amide bonds. The van der Waals surface area contributed by atoms with Gasteiger partial charge in [-0.1, -0.05) is 31.9 Å². The molecule has 14 heavy (non-hydrogen) atoms. The van der Waals surface area contributed by atoms with E-state index < -0.39 is 5.60 Å². The summed E-state index contributed by atoms with van der Waals surface area (Å²) in [6, 6.07) is 3.90. The molecule has 1 rings (SSSR count). The Kier molecular flexibility index (Phi) is 4.42. The number of hydrogen-bond acceptors (Lipinski definition) is 2. The van der Waals surface area contributed by atoms with E-state index in [1.165, 1.54) is 4.88 Å². The van der Waals surface area contributed by atoms with Crippen LogP contribution >= 0.6 is 22.9 Å². The largest absolute Gasteiger partial charge is 0.390 e. The predicted octanol–water partition coefficient (Wildman–Crippen LogP) is 3.89. The van der Waals surface area contributed by atoms with Gasteiger partial charge in [0.25, 0.3) is 0 Å². The fourth-order valence-corrected chi connectivity index (χ4v) is 2.85. The van der Waals surface area contributed by atoms with Crippen LogP contribution in [0.3, 0.4) is 0 Å². The smallest absolute Gasteiger partial charge is 0.0931 e. The van der Waals surface area contributed by atoms with E-state index in [1.807, 2.05) is 19.1 Å². The molecule has 0 aliphatic heterocycles. The van der Waals surface area contributed by atoms with Crippen molar-refractivity contribution in [1.82, 2.24) is 0 Å². The van der Waals surface area contributed by atoms with Crippen molar-refractivity contribution in [3.05, 3.63) is 21.3 Å². The maximum absolute atomic E-state index is 10.2. The van der Waals surface area contributed by atoms with Crippen molar-refractivity contribution in [2.45, 2.75) is 45.1 Å². The van der Waals surface area contributed by atoms with Crippen molar-refractivity contribution in [2.24, 2.45) is 0 Å². The average Bonchev–Trinajstić information content (AvgIpc) is 2.51. The Labute approximate surface area is 94.7 Å². The van der Waals surface area contributed by atoms with Crippen LogP contribution in [0, 0.1) is 0 Å². The fraction of sp³-hybridized carbons (Fsp3) is 0.636. The van der Waals surface area contributed by atoms with Gasteiger partial charge >= 0.3 is 0 Å². The van der Waals surface area contributed by atoms with E-state index in [1.54, 1.807) is 11.3 Å². The molecule has 1 unspecified atom stereocenters. The standard InChI is InChI=1S/C11H17ClOS/c1-3-7-11(13,4-2)8-9-5-6-10(12)14-9/h5-6,13H,3-4,7-8H2,1-2H3. The molecule has 0 aliphatic rings. The Morgan fingerprint density at radius 1 is 1.43 bits per heavy atom. The summed E-state index contributed by atoms with van der Waals surface area (Å²) >= 11 is 7.41. The van der Waals surface area contributed by atoms with Gasteiger partial charge < -0.3 is 5.11 Å². The van der Waals surface area contributed by atoms with Gasteiger partial charge in [-0.15, -0.1) is 11.3 Å². The first kappa shape index (κ1) is 12.0. The molecule has 1 aromatic rings. The molecular formula is C11H17ClOS. The SMILES string of the molecule is CCCC(O)(CC)Cc1ccc(Cl)s1. The second-order valence-corrected chi connectivity index (χ2v) is 5.51. The molecule has 80 valence electrons. The van der Waals surface area contributed by atoms with Crippen LogP contribution in [0.4, 0.5) is 0 Å². The lowest BCUT2D eigenvalue weighted by atomic mass is 9.91. The van der Waals surface area contributed by atoms with E-state index in [0.29, 0.717) is 0 Å². The summed E-state index contributed by atoms with van der Waals surface area (Å²) in [5.74, 6) is 0. The van der Waals surface area contributed by atoms with Crippen LogP contribution in [0.2, 0.25) is 4.34 Å². The van der Waals surface area contributed by atoms with Crippen LogP contribution in [-0.2, 0) is 6.42 Å². The second kappa shape index (κ2) is 5.15. The number of hydrogen-bond donors (Lipinski definition) is 1. The molecule has 1 nitrogen and oxygen atoms in total. The lowest BCUT2D eigenvalue weighted by Gasteiger charge is -2.25. The van der Waals surface area contributed by atoms with E-state index in [9.17, 15) is 5.11 Å². The molecule has 0 saturated carbocycles. The van der Waals surface area contributed by atoms with Crippen LogP contribution in [0.25, 0.3) is 0 Å². The van der Waals surface area contributed by atoms with Crippen molar-refractivity contribution in [2.75, 3.05) is 0 Å². The van der Waals surface area contributed by atoms with Crippen molar-refractivity contribution in [1.29, 1.82) is 0 Å². The zero-order valence-corrected chi connectivity index (χ0v) is 10.3. The van der Waals surface area contributed by atoms with Gasteiger partial charge in [0.15, 0.2) is 0 Å². The maximum atomic E-state index is 10.2. The van der Waals surface area contributed by atoms with Crippen molar-refractivity contribution >= 4 is 22.9 Å². The number of aliphatic hydroxyl groups is 1. The van der Waals surface area contributed by atoms with Gasteiger partial charge in [-0.2, -0.15) is 0 Å². The first-order valence-corrected chi connectivity index (χ1v) is 6.25. The lowest BCUT2D eigenvalue weighted by Crippen LogP contribution is -2.29. The normalized spacial score (nSPS) is 15.4. The Hall–Kier alpha value is -0.0500. The van der Waals surface area contributed by atoms with E-state index >= 15 is 0 Å². The minimum Gasteiger partial charge on any atom is -0.390 e. The van der Waals surface area contributed by atoms with Crippen LogP contribution in [0.15, 0.2) is 12.1 Å². The predicted molar refractivity (Wildman–Crippen MR) is 63.2 cm³/mol. The molecule has 3 heteroatoms. The number of thiophene rings is 1. The molecule has 0 fully saturated rings. The molecule has 0 saturated heterocycles. The first-order chi connectivity index (χ1) is 6.59. The average molecular weight is 233 g/mol. The highest BCUT2D eigenvalue weighted by Gasteiger charge is 2.24. The zero-order chi connectivity index (χ0) is 10.6.